The van der Waals surface area contributed by atoms with Crippen molar-refractivity contribution in [2.24, 2.45) is 0 Å². The van der Waals surface area contributed by atoms with Crippen LogP contribution in [0, 0.1) is 0 Å². The van der Waals surface area contributed by atoms with Gasteiger partial charge in [-0.2, -0.15) is 0 Å². The van der Waals surface area contributed by atoms with Crippen LogP contribution >= 0.6 is 0 Å². The highest BCUT2D eigenvalue weighted by atomic mass is 16.3. The molecule has 0 saturated carbocycles. The Balaban J connectivity index is 2.10. The lowest BCUT2D eigenvalue weighted by Gasteiger charge is -2.19. The second-order valence-electron chi connectivity index (χ2n) is 3.45. The van der Waals surface area contributed by atoms with Crippen LogP contribution in [-0.2, 0) is 6.54 Å². The van der Waals surface area contributed by atoms with Gasteiger partial charge in [0.1, 0.15) is 0 Å². The summed E-state index contributed by atoms with van der Waals surface area (Å²) < 4.78 is 5.38. The molecule has 0 bridgehead atoms. The van der Waals surface area contributed by atoms with E-state index in [2.05, 4.69) is 36.1 Å². The average molecular weight is 201 g/mol. The van der Waals surface area contributed by atoms with Gasteiger partial charge in [0.25, 0.3) is 0 Å². The van der Waals surface area contributed by atoms with Crippen LogP contribution in [0.25, 0.3) is 0 Å². The molecule has 0 unspecified atom stereocenters. The zero-order valence-corrected chi connectivity index (χ0v) is 8.89. The van der Waals surface area contributed by atoms with Crippen molar-refractivity contribution in [3.05, 3.63) is 54.3 Å². The van der Waals surface area contributed by atoms with E-state index in [1.807, 2.05) is 18.2 Å². The van der Waals surface area contributed by atoms with Gasteiger partial charge in [0.05, 0.1) is 6.26 Å². The predicted octanol–water partition coefficient (Wildman–Crippen LogP) is 3.31. The molecule has 1 aromatic carbocycles. The lowest BCUT2D eigenvalue weighted by atomic mass is 10.2. The van der Waals surface area contributed by atoms with E-state index in [-0.39, 0.29) is 0 Å². The zero-order chi connectivity index (χ0) is 10.5. The fraction of sp³-hybridized carbons (Fsp3) is 0.231. The first-order chi connectivity index (χ1) is 7.40. The van der Waals surface area contributed by atoms with Gasteiger partial charge in [0, 0.05) is 19.2 Å². The van der Waals surface area contributed by atoms with Gasteiger partial charge in [-0.15, -0.1) is 0 Å². The topological polar surface area (TPSA) is 16.4 Å². The van der Waals surface area contributed by atoms with E-state index in [1.165, 1.54) is 5.56 Å². The van der Waals surface area contributed by atoms with E-state index in [1.54, 1.807) is 6.26 Å². The average Bonchev–Trinajstić information content (AvgIpc) is 2.81. The molecular weight excluding hydrogens is 186 g/mol. The summed E-state index contributed by atoms with van der Waals surface area (Å²) in [4.78, 5) is 2.20. The summed E-state index contributed by atoms with van der Waals surface area (Å²) in [5.74, 6) is 0.932. The summed E-state index contributed by atoms with van der Waals surface area (Å²) in [7, 11) is 0. The molecule has 0 N–H and O–H groups in total. The van der Waals surface area contributed by atoms with Crippen LogP contribution in [0.1, 0.15) is 12.5 Å². The van der Waals surface area contributed by atoms with Crippen LogP contribution in [0.15, 0.2) is 53.1 Å². The fourth-order valence-corrected chi connectivity index (χ4v) is 1.60. The van der Waals surface area contributed by atoms with Crippen molar-refractivity contribution in [1.82, 2.24) is 0 Å². The Morgan fingerprint density at radius 2 is 1.87 bits per heavy atom. The highest BCUT2D eigenvalue weighted by Crippen LogP contribution is 2.16. The van der Waals surface area contributed by atoms with E-state index < -0.39 is 0 Å². The molecule has 1 heterocycles. The Bertz CT molecular complexity index is 380. The van der Waals surface area contributed by atoms with Crippen molar-refractivity contribution >= 4 is 5.88 Å². The largest absolute Gasteiger partial charge is 0.449 e. The van der Waals surface area contributed by atoms with E-state index in [4.69, 9.17) is 4.42 Å². The first kappa shape index (κ1) is 9.84. The minimum Gasteiger partial charge on any atom is -0.449 e. The Hall–Kier alpha value is -1.70. The number of anilines is 1. The van der Waals surface area contributed by atoms with Crippen molar-refractivity contribution < 1.29 is 4.42 Å². The number of benzene rings is 1. The van der Waals surface area contributed by atoms with Crippen molar-refractivity contribution in [3.63, 3.8) is 0 Å². The van der Waals surface area contributed by atoms with Crippen LogP contribution in [0.4, 0.5) is 5.88 Å². The van der Waals surface area contributed by atoms with Crippen LogP contribution in [0.5, 0.6) is 0 Å². The highest BCUT2D eigenvalue weighted by molar-refractivity contribution is 5.36. The number of rotatable bonds is 4. The summed E-state index contributed by atoms with van der Waals surface area (Å²) in [6, 6.07) is 14.3. The summed E-state index contributed by atoms with van der Waals surface area (Å²) >= 11 is 0. The maximum atomic E-state index is 5.38. The Kier molecular flexibility index (Phi) is 3.08. The maximum absolute atomic E-state index is 5.38. The van der Waals surface area contributed by atoms with Crippen molar-refractivity contribution in [1.29, 1.82) is 0 Å². The normalized spacial score (nSPS) is 10.2. The SMILES string of the molecule is CCN(Cc1ccccc1)c1ccco1. The van der Waals surface area contributed by atoms with E-state index in [9.17, 15) is 0 Å². The standard InChI is InChI=1S/C13H15NO/c1-2-14(13-9-6-10-15-13)11-12-7-4-3-5-8-12/h3-10H,2,11H2,1H3. The van der Waals surface area contributed by atoms with Crippen molar-refractivity contribution in [3.8, 4) is 0 Å². The molecule has 1 aromatic heterocycles. The second-order valence-corrected chi connectivity index (χ2v) is 3.45. The molecule has 0 fully saturated rings. The molecule has 2 nitrogen and oxygen atoms in total. The maximum Gasteiger partial charge on any atom is 0.195 e. The van der Waals surface area contributed by atoms with Crippen LogP contribution in [0.2, 0.25) is 0 Å². The molecule has 0 spiro atoms. The van der Waals surface area contributed by atoms with Gasteiger partial charge in [-0.3, -0.25) is 0 Å². The molecule has 2 heteroatoms. The minimum absolute atomic E-state index is 0.894. The van der Waals surface area contributed by atoms with E-state index in [0.29, 0.717) is 0 Å². The van der Waals surface area contributed by atoms with Gasteiger partial charge in [0.15, 0.2) is 5.88 Å². The quantitative estimate of drug-likeness (QED) is 0.754. The molecule has 0 saturated heterocycles. The van der Waals surface area contributed by atoms with Gasteiger partial charge >= 0.3 is 0 Å². The molecule has 0 aliphatic heterocycles. The molecule has 0 aliphatic rings. The first-order valence-corrected chi connectivity index (χ1v) is 5.22. The zero-order valence-electron chi connectivity index (χ0n) is 8.89. The molecule has 78 valence electrons. The summed E-state index contributed by atoms with van der Waals surface area (Å²) in [5, 5.41) is 0. The Morgan fingerprint density at radius 1 is 1.07 bits per heavy atom. The summed E-state index contributed by atoms with van der Waals surface area (Å²) in [6.45, 7) is 3.97. The summed E-state index contributed by atoms with van der Waals surface area (Å²) in [6.07, 6.45) is 1.71. The number of hydrogen-bond acceptors (Lipinski definition) is 2. The van der Waals surface area contributed by atoms with Gasteiger partial charge in [-0.05, 0) is 18.6 Å². The van der Waals surface area contributed by atoms with Gasteiger partial charge in [0.2, 0.25) is 0 Å². The molecule has 0 aliphatic carbocycles. The van der Waals surface area contributed by atoms with Crippen LogP contribution < -0.4 is 4.90 Å². The number of hydrogen-bond donors (Lipinski definition) is 0. The third kappa shape index (κ3) is 2.40. The van der Waals surface area contributed by atoms with E-state index in [0.717, 1.165) is 19.0 Å². The van der Waals surface area contributed by atoms with Gasteiger partial charge in [-0.25, -0.2) is 0 Å². The number of nitrogens with zero attached hydrogens (tertiary/aromatic N) is 1. The second kappa shape index (κ2) is 4.69. The predicted molar refractivity (Wildman–Crippen MR) is 61.9 cm³/mol. The van der Waals surface area contributed by atoms with Crippen LogP contribution in [0.3, 0.4) is 0 Å². The third-order valence-electron chi connectivity index (χ3n) is 2.42. The van der Waals surface area contributed by atoms with Gasteiger partial charge in [-0.1, -0.05) is 30.3 Å². The lowest BCUT2D eigenvalue weighted by Crippen LogP contribution is -2.21. The molecule has 2 aromatic rings. The third-order valence-corrected chi connectivity index (χ3v) is 2.42. The first-order valence-electron chi connectivity index (χ1n) is 5.22. The minimum atomic E-state index is 0.894. The van der Waals surface area contributed by atoms with Gasteiger partial charge < -0.3 is 9.32 Å². The molecule has 0 atom stereocenters. The molecule has 0 amide bonds. The molecule has 2 rings (SSSR count). The monoisotopic (exact) mass is 201 g/mol. The smallest absolute Gasteiger partial charge is 0.195 e. The van der Waals surface area contributed by atoms with Crippen molar-refractivity contribution in [2.75, 3.05) is 11.4 Å². The van der Waals surface area contributed by atoms with E-state index >= 15 is 0 Å². The highest BCUT2D eigenvalue weighted by Gasteiger charge is 2.06. The lowest BCUT2D eigenvalue weighted by molar-refractivity contribution is 0.545. The molecule has 15 heavy (non-hydrogen) atoms. The van der Waals surface area contributed by atoms with Crippen LogP contribution in [-0.4, -0.2) is 6.54 Å². The summed E-state index contributed by atoms with van der Waals surface area (Å²) in [5.41, 5.74) is 1.30. The molecule has 0 radical (unpaired) electrons. The fourth-order valence-electron chi connectivity index (χ4n) is 1.60. The molecular formula is C13H15NO. The number of furan rings is 1. The van der Waals surface area contributed by atoms with Crippen molar-refractivity contribution in [2.45, 2.75) is 13.5 Å². The Morgan fingerprint density at radius 3 is 2.47 bits per heavy atom. The Labute approximate surface area is 90.1 Å².